The third-order valence-electron chi connectivity index (χ3n) is 7.27. The van der Waals surface area contributed by atoms with Gasteiger partial charge < -0.3 is 10.1 Å². The van der Waals surface area contributed by atoms with Crippen LogP contribution in [0.1, 0.15) is 130 Å². The average molecular weight is 593 g/mol. The lowest BCUT2D eigenvalue weighted by Crippen LogP contribution is -2.50. The van der Waals surface area contributed by atoms with Crippen molar-refractivity contribution in [3.8, 4) is 0 Å². The molecule has 0 aliphatic heterocycles. The van der Waals surface area contributed by atoms with Gasteiger partial charge in [-0.3, -0.25) is 14.5 Å². The van der Waals surface area contributed by atoms with Gasteiger partial charge in [-0.2, -0.15) is 0 Å². The van der Waals surface area contributed by atoms with Gasteiger partial charge in [-0.05, 0) is 43.7 Å². The minimum Gasteiger partial charge on any atom is -0.460 e. The molecular weight excluding hydrogens is 536 g/mol. The van der Waals surface area contributed by atoms with Crippen molar-refractivity contribution in [2.24, 2.45) is 11.3 Å². The molecule has 0 aliphatic rings. The topological polar surface area (TPSA) is 75.7 Å². The molecule has 0 radical (unpaired) electrons. The van der Waals surface area contributed by atoms with Gasteiger partial charge in [0.25, 0.3) is 0 Å². The summed E-state index contributed by atoms with van der Waals surface area (Å²) in [4.78, 5) is 42.5. The molecule has 6 nitrogen and oxygen atoms in total. The van der Waals surface area contributed by atoms with E-state index in [1.54, 1.807) is 0 Å². The van der Waals surface area contributed by atoms with E-state index in [1.165, 1.54) is 37.0 Å². The van der Waals surface area contributed by atoms with E-state index in [0.717, 1.165) is 30.4 Å². The van der Waals surface area contributed by atoms with Crippen molar-refractivity contribution in [3.63, 3.8) is 0 Å². The first-order valence-electron chi connectivity index (χ1n) is 16.2. The predicted molar refractivity (Wildman–Crippen MR) is 176 cm³/mol. The van der Waals surface area contributed by atoms with E-state index >= 15 is 0 Å². The van der Waals surface area contributed by atoms with Crippen molar-refractivity contribution in [1.82, 2.24) is 10.2 Å². The molecule has 0 fully saturated rings. The number of ether oxygens (including phenoxy) is 1. The van der Waals surface area contributed by atoms with Crippen molar-refractivity contribution in [3.05, 3.63) is 71.8 Å². The van der Waals surface area contributed by atoms with E-state index in [0.29, 0.717) is 6.42 Å². The number of imide groups is 1. The fourth-order valence-electron chi connectivity index (χ4n) is 5.22. The van der Waals surface area contributed by atoms with Crippen LogP contribution in [0, 0.1) is 11.3 Å². The third kappa shape index (κ3) is 14.2. The van der Waals surface area contributed by atoms with Crippen LogP contribution in [0.3, 0.4) is 0 Å². The lowest BCUT2D eigenvalue weighted by Gasteiger charge is -2.33. The zero-order valence-electron chi connectivity index (χ0n) is 27.8. The Balaban J connectivity index is 2.28. The third-order valence-corrected chi connectivity index (χ3v) is 7.27. The summed E-state index contributed by atoms with van der Waals surface area (Å²) in [6.07, 6.45) is 9.62. The number of nitrogens with zero attached hydrogens (tertiary/aromatic N) is 1. The quantitative estimate of drug-likeness (QED) is 0.156. The molecule has 3 amide bonds. The number of esters is 1. The number of carbonyl (C=O) groups excluding carboxylic acids is 3. The number of hydrogen-bond acceptors (Lipinski definition) is 4. The molecule has 1 unspecified atom stereocenters. The molecule has 1 N–H and O–H groups in total. The average Bonchev–Trinajstić information content (AvgIpc) is 2.94. The Bertz CT molecular complexity index is 1060. The van der Waals surface area contributed by atoms with Gasteiger partial charge in [0.1, 0.15) is 5.60 Å². The summed E-state index contributed by atoms with van der Waals surface area (Å²) < 4.78 is 5.61. The summed E-state index contributed by atoms with van der Waals surface area (Å²) in [7, 11) is 0. The summed E-state index contributed by atoms with van der Waals surface area (Å²) >= 11 is 0. The van der Waals surface area contributed by atoms with E-state index in [9.17, 15) is 14.4 Å². The number of unbranched alkanes of at least 4 members (excludes halogenated alkanes) is 7. The second kappa shape index (κ2) is 17.8. The van der Waals surface area contributed by atoms with E-state index in [-0.39, 0.29) is 24.3 Å². The van der Waals surface area contributed by atoms with Gasteiger partial charge in [0.2, 0.25) is 5.91 Å². The molecule has 0 saturated heterocycles. The summed E-state index contributed by atoms with van der Waals surface area (Å²) in [6.45, 7) is 14.0. The van der Waals surface area contributed by atoms with Crippen molar-refractivity contribution in [2.75, 3.05) is 6.54 Å². The molecule has 0 aliphatic carbocycles. The van der Waals surface area contributed by atoms with Crippen molar-refractivity contribution < 1.29 is 19.1 Å². The first-order valence-corrected chi connectivity index (χ1v) is 16.2. The minimum absolute atomic E-state index is 0.0404. The number of urea groups is 1. The van der Waals surface area contributed by atoms with Gasteiger partial charge in [-0.25, -0.2) is 4.79 Å². The Morgan fingerprint density at radius 3 is 1.70 bits per heavy atom. The first-order chi connectivity index (χ1) is 20.3. The van der Waals surface area contributed by atoms with Crippen LogP contribution in [0.5, 0.6) is 0 Å². The fourth-order valence-corrected chi connectivity index (χ4v) is 5.22. The monoisotopic (exact) mass is 592 g/mol. The second-order valence-corrected chi connectivity index (χ2v) is 13.9. The molecule has 0 bridgehead atoms. The van der Waals surface area contributed by atoms with Crippen LogP contribution in [0.25, 0.3) is 0 Å². The molecule has 0 spiro atoms. The van der Waals surface area contributed by atoms with Gasteiger partial charge >= 0.3 is 12.0 Å². The van der Waals surface area contributed by atoms with E-state index in [2.05, 4.69) is 12.2 Å². The molecular formula is C37H56N2O4. The highest BCUT2D eigenvalue weighted by Gasteiger charge is 2.35. The number of hydrogen-bond donors (Lipinski definition) is 1. The normalized spacial score (nSPS) is 12.6. The van der Waals surface area contributed by atoms with Crippen molar-refractivity contribution in [1.29, 1.82) is 0 Å². The molecule has 2 aromatic carbocycles. The Hall–Kier alpha value is -3.15. The van der Waals surface area contributed by atoms with Crippen LogP contribution in [0.4, 0.5) is 4.79 Å². The maximum absolute atomic E-state index is 14.2. The Labute approximate surface area is 261 Å². The van der Waals surface area contributed by atoms with E-state index in [4.69, 9.17) is 4.74 Å². The molecule has 0 aromatic heterocycles. The number of benzene rings is 2. The maximum Gasteiger partial charge on any atom is 0.324 e. The van der Waals surface area contributed by atoms with Crippen LogP contribution < -0.4 is 5.32 Å². The highest BCUT2D eigenvalue weighted by Crippen LogP contribution is 2.26. The molecule has 6 heteroatoms. The number of amides is 3. The number of nitrogens with one attached hydrogen (secondary N) is 1. The Morgan fingerprint density at radius 2 is 1.23 bits per heavy atom. The molecule has 238 valence electrons. The molecule has 43 heavy (non-hydrogen) atoms. The van der Waals surface area contributed by atoms with Crippen molar-refractivity contribution >= 4 is 17.9 Å². The van der Waals surface area contributed by atoms with Crippen LogP contribution in [-0.4, -0.2) is 35.0 Å². The highest BCUT2D eigenvalue weighted by molar-refractivity contribution is 5.97. The zero-order valence-corrected chi connectivity index (χ0v) is 27.8. The summed E-state index contributed by atoms with van der Waals surface area (Å²) in [6, 6.07) is 18.7. The van der Waals surface area contributed by atoms with Crippen LogP contribution >= 0.6 is 0 Å². The largest absolute Gasteiger partial charge is 0.460 e. The van der Waals surface area contributed by atoms with Gasteiger partial charge in [-0.1, -0.05) is 140 Å². The maximum atomic E-state index is 14.2. The molecule has 2 aromatic rings. The minimum atomic E-state index is -0.649. The highest BCUT2D eigenvalue weighted by atomic mass is 16.6. The Kier molecular flexibility index (Phi) is 15.0. The van der Waals surface area contributed by atoms with Gasteiger partial charge in [0.05, 0.1) is 12.5 Å². The summed E-state index contributed by atoms with van der Waals surface area (Å²) in [5.41, 5.74) is 0.866. The Morgan fingerprint density at radius 1 is 0.744 bits per heavy atom. The standard InChI is InChI=1S/C37H56N2O4/c1-8-9-10-11-12-13-14-17-26-31(27-32(40)43-37(5,6)7)34(41)39(28-36(2,3)4)35(42)38-33(29-22-18-15-19-23-29)30-24-20-16-21-25-30/h15-16,18-25,31,33H,8-14,17,26-28H2,1-7H3,(H,38,42). The van der Waals surface area contributed by atoms with Crippen LogP contribution in [-0.2, 0) is 14.3 Å². The van der Waals surface area contributed by atoms with Gasteiger partial charge in [0.15, 0.2) is 0 Å². The smallest absolute Gasteiger partial charge is 0.324 e. The molecule has 0 heterocycles. The lowest BCUT2D eigenvalue weighted by molar-refractivity contribution is -0.158. The van der Waals surface area contributed by atoms with Crippen LogP contribution in [0.2, 0.25) is 0 Å². The van der Waals surface area contributed by atoms with E-state index in [1.807, 2.05) is 102 Å². The van der Waals surface area contributed by atoms with Gasteiger partial charge in [0, 0.05) is 12.5 Å². The zero-order chi connectivity index (χ0) is 31.9. The van der Waals surface area contributed by atoms with E-state index < -0.39 is 29.6 Å². The first kappa shape index (κ1) is 36.0. The van der Waals surface area contributed by atoms with Gasteiger partial charge in [-0.15, -0.1) is 0 Å². The predicted octanol–water partition coefficient (Wildman–Crippen LogP) is 9.24. The molecule has 2 rings (SSSR count). The number of rotatable bonds is 16. The summed E-state index contributed by atoms with van der Waals surface area (Å²) in [5, 5.41) is 3.15. The SMILES string of the molecule is CCCCCCCCCCC(CC(=O)OC(C)(C)C)C(=O)N(CC(C)(C)C)C(=O)NC(c1ccccc1)c1ccccc1. The molecule has 1 atom stereocenters. The lowest BCUT2D eigenvalue weighted by atomic mass is 9.92. The molecule has 0 saturated carbocycles. The second-order valence-electron chi connectivity index (χ2n) is 13.9. The number of carbonyl (C=O) groups is 3. The van der Waals surface area contributed by atoms with Crippen LogP contribution in [0.15, 0.2) is 60.7 Å². The summed E-state index contributed by atoms with van der Waals surface area (Å²) in [5.74, 6) is -1.36. The fraction of sp³-hybridized carbons (Fsp3) is 0.595. The van der Waals surface area contributed by atoms with Crippen molar-refractivity contribution in [2.45, 2.75) is 124 Å².